The van der Waals surface area contributed by atoms with Gasteiger partial charge in [0.1, 0.15) is 5.84 Å². The van der Waals surface area contributed by atoms with E-state index in [0.717, 1.165) is 42.0 Å². The van der Waals surface area contributed by atoms with Gasteiger partial charge in [-0.1, -0.05) is 17.7 Å². The molecule has 20 heavy (non-hydrogen) atoms. The van der Waals surface area contributed by atoms with Crippen LogP contribution < -0.4 is 5.32 Å². The molecule has 4 heteroatoms. The largest absolute Gasteiger partial charge is 0.363 e. The first-order valence-corrected chi connectivity index (χ1v) is 7.15. The highest BCUT2D eigenvalue weighted by atomic mass is 16.2. The maximum absolute atomic E-state index is 12.1. The van der Waals surface area contributed by atoms with Crippen LogP contribution in [0.4, 0.5) is 10.5 Å². The molecule has 0 bridgehead atoms. The number of urea groups is 1. The second kappa shape index (κ2) is 6.07. The van der Waals surface area contributed by atoms with Crippen LogP contribution in [0.25, 0.3) is 0 Å². The number of aryl methyl sites for hydroxylation is 3. The van der Waals surface area contributed by atoms with E-state index in [0.29, 0.717) is 0 Å². The van der Waals surface area contributed by atoms with Crippen molar-refractivity contribution in [2.24, 2.45) is 4.99 Å². The van der Waals surface area contributed by atoms with Crippen molar-refractivity contribution in [2.75, 3.05) is 18.9 Å². The Balaban J connectivity index is 2.14. The average Bonchev–Trinajstić information content (AvgIpc) is 2.36. The van der Waals surface area contributed by atoms with Crippen molar-refractivity contribution in [3.8, 4) is 0 Å². The minimum atomic E-state index is -0.274. The first-order valence-electron chi connectivity index (χ1n) is 7.15. The molecule has 1 saturated heterocycles. The summed E-state index contributed by atoms with van der Waals surface area (Å²) in [6.45, 7) is 7.06. The van der Waals surface area contributed by atoms with Crippen LogP contribution in [0.1, 0.15) is 36.0 Å². The number of amidine groups is 1. The van der Waals surface area contributed by atoms with Gasteiger partial charge in [-0.05, 0) is 44.7 Å². The monoisotopic (exact) mass is 273 g/mol. The summed E-state index contributed by atoms with van der Waals surface area (Å²) in [5, 5.41) is 2.92. The predicted octanol–water partition coefficient (Wildman–Crippen LogP) is 3.66. The third-order valence-electron chi connectivity index (χ3n) is 3.72. The minimum Gasteiger partial charge on any atom is -0.363 e. The number of carbonyl (C=O) groups excluding carboxylic acids is 1. The normalized spacial score (nSPS) is 17.4. The number of carbonyl (C=O) groups is 1. The molecule has 1 heterocycles. The maximum Gasteiger partial charge on any atom is 0.347 e. The summed E-state index contributed by atoms with van der Waals surface area (Å²) in [5.74, 6) is 0.885. The third-order valence-corrected chi connectivity index (χ3v) is 3.72. The highest BCUT2D eigenvalue weighted by Crippen LogP contribution is 2.22. The van der Waals surface area contributed by atoms with Gasteiger partial charge in [0.05, 0.1) is 0 Å². The number of rotatable bonds is 1. The number of likely N-dealkylation sites (tertiary alicyclic amines) is 1. The molecule has 1 aromatic carbocycles. The number of nitrogens with one attached hydrogen (secondary N) is 1. The number of piperidine rings is 1. The van der Waals surface area contributed by atoms with E-state index in [-0.39, 0.29) is 6.03 Å². The average molecular weight is 273 g/mol. The van der Waals surface area contributed by atoms with Gasteiger partial charge in [0, 0.05) is 25.7 Å². The fourth-order valence-corrected chi connectivity index (χ4v) is 2.72. The van der Waals surface area contributed by atoms with Gasteiger partial charge in [-0.15, -0.1) is 0 Å². The van der Waals surface area contributed by atoms with Gasteiger partial charge in [0.2, 0.25) is 0 Å². The SMILES string of the molecule is Cc1cc(C)c(NC(=O)/N=C2/CCCCN2C)c(C)c1. The van der Waals surface area contributed by atoms with Crippen molar-refractivity contribution in [2.45, 2.75) is 40.0 Å². The van der Waals surface area contributed by atoms with E-state index >= 15 is 0 Å². The molecule has 0 atom stereocenters. The molecule has 2 amide bonds. The standard InChI is InChI=1S/C16H23N3O/c1-11-9-12(2)15(13(3)10-11)18-16(20)17-14-7-5-6-8-19(14)4/h9-10H,5-8H2,1-4H3,(H,18,20)/b17-14-. The van der Waals surface area contributed by atoms with E-state index in [4.69, 9.17) is 0 Å². The Bertz CT molecular complexity index is 526. The minimum absolute atomic E-state index is 0.274. The number of hydrogen-bond acceptors (Lipinski definition) is 1. The number of nitrogens with zero attached hydrogens (tertiary/aromatic N) is 2. The topological polar surface area (TPSA) is 44.7 Å². The molecular formula is C16H23N3O. The van der Waals surface area contributed by atoms with Gasteiger partial charge < -0.3 is 10.2 Å². The summed E-state index contributed by atoms with van der Waals surface area (Å²) >= 11 is 0. The zero-order valence-corrected chi connectivity index (χ0v) is 12.8. The van der Waals surface area contributed by atoms with Crippen LogP contribution in [-0.2, 0) is 0 Å². The third kappa shape index (κ3) is 3.38. The molecule has 0 unspecified atom stereocenters. The van der Waals surface area contributed by atoms with Crippen LogP contribution in [0.2, 0.25) is 0 Å². The van der Waals surface area contributed by atoms with Crippen molar-refractivity contribution in [1.82, 2.24) is 4.90 Å². The molecule has 1 aliphatic heterocycles. The predicted molar refractivity (Wildman–Crippen MR) is 83.6 cm³/mol. The number of benzene rings is 1. The van der Waals surface area contributed by atoms with Gasteiger partial charge in [-0.2, -0.15) is 4.99 Å². The highest BCUT2D eigenvalue weighted by molar-refractivity contribution is 6.00. The second-order valence-electron chi connectivity index (χ2n) is 5.61. The van der Waals surface area contributed by atoms with E-state index in [1.807, 2.05) is 20.9 Å². The summed E-state index contributed by atoms with van der Waals surface area (Å²) in [7, 11) is 1.99. The molecule has 0 spiro atoms. The number of aliphatic imine (C=N–C) groups is 1. The lowest BCUT2D eigenvalue weighted by atomic mass is 10.1. The maximum atomic E-state index is 12.1. The highest BCUT2D eigenvalue weighted by Gasteiger charge is 2.14. The molecule has 1 N–H and O–H groups in total. The molecule has 108 valence electrons. The lowest BCUT2D eigenvalue weighted by Crippen LogP contribution is -2.32. The van der Waals surface area contributed by atoms with Crippen LogP contribution in [0.15, 0.2) is 17.1 Å². The first-order chi connectivity index (χ1) is 9.47. The van der Waals surface area contributed by atoms with Gasteiger partial charge in [0.15, 0.2) is 0 Å². The smallest absolute Gasteiger partial charge is 0.347 e. The molecule has 0 saturated carbocycles. The number of anilines is 1. The molecule has 0 radical (unpaired) electrons. The zero-order valence-electron chi connectivity index (χ0n) is 12.8. The number of hydrogen-bond donors (Lipinski definition) is 1. The summed E-state index contributed by atoms with van der Waals surface area (Å²) in [6, 6.07) is 3.87. The van der Waals surface area contributed by atoms with Crippen molar-refractivity contribution >= 4 is 17.6 Å². The summed E-state index contributed by atoms with van der Waals surface area (Å²) in [4.78, 5) is 18.4. The summed E-state index contributed by atoms with van der Waals surface area (Å²) in [5.41, 5.74) is 4.24. The van der Waals surface area contributed by atoms with Gasteiger partial charge in [-0.25, -0.2) is 4.79 Å². The summed E-state index contributed by atoms with van der Waals surface area (Å²) in [6.07, 6.45) is 3.17. The lowest BCUT2D eigenvalue weighted by molar-refractivity contribution is 0.259. The second-order valence-corrected chi connectivity index (χ2v) is 5.61. The van der Waals surface area contributed by atoms with E-state index < -0.39 is 0 Å². The van der Waals surface area contributed by atoms with Crippen LogP contribution >= 0.6 is 0 Å². The van der Waals surface area contributed by atoms with Crippen molar-refractivity contribution < 1.29 is 4.79 Å². The molecule has 4 nitrogen and oxygen atoms in total. The Labute approximate surface area is 120 Å². The Morgan fingerprint density at radius 2 is 1.85 bits per heavy atom. The lowest BCUT2D eigenvalue weighted by Gasteiger charge is -2.25. The van der Waals surface area contributed by atoms with Crippen LogP contribution in [0.3, 0.4) is 0 Å². The molecule has 2 rings (SSSR count). The van der Waals surface area contributed by atoms with E-state index in [1.54, 1.807) is 0 Å². The van der Waals surface area contributed by atoms with E-state index in [1.165, 1.54) is 12.0 Å². The quantitative estimate of drug-likeness (QED) is 0.848. The zero-order chi connectivity index (χ0) is 14.7. The summed E-state index contributed by atoms with van der Waals surface area (Å²) < 4.78 is 0. The fraction of sp³-hybridized carbons (Fsp3) is 0.500. The fourth-order valence-electron chi connectivity index (χ4n) is 2.72. The Kier molecular flexibility index (Phi) is 4.42. The van der Waals surface area contributed by atoms with Crippen LogP contribution in [0.5, 0.6) is 0 Å². The van der Waals surface area contributed by atoms with Crippen molar-refractivity contribution in [3.63, 3.8) is 0 Å². The van der Waals surface area contributed by atoms with Crippen molar-refractivity contribution in [3.05, 3.63) is 28.8 Å². The van der Waals surface area contributed by atoms with Gasteiger partial charge in [-0.3, -0.25) is 0 Å². The van der Waals surface area contributed by atoms with Crippen LogP contribution in [-0.4, -0.2) is 30.4 Å². The van der Waals surface area contributed by atoms with E-state index in [9.17, 15) is 4.79 Å². The Hall–Kier alpha value is -1.84. The van der Waals surface area contributed by atoms with Crippen molar-refractivity contribution in [1.29, 1.82) is 0 Å². The molecule has 1 aliphatic rings. The first kappa shape index (κ1) is 14.6. The Morgan fingerprint density at radius 3 is 2.45 bits per heavy atom. The van der Waals surface area contributed by atoms with E-state index in [2.05, 4.69) is 34.3 Å². The molecule has 1 aromatic rings. The number of amides is 2. The van der Waals surface area contributed by atoms with Crippen LogP contribution in [0, 0.1) is 20.8 Å². The van der Waals surface area contributed by atoms with Gasteiger partial charge in [0.25, 0.3) is 0 Å². The van der Waals surface area contributed by atoms with Gasteiger partial charge >= 0.3 is 6.03 Å². The Morgan fingerprint density at radius 1 is 1.20 bits per heavy atom. The molecule has 1 fully saturated rings. The molecular weight excluding hydrogens is 250 g/mol. The molecule has 0 aromatic heterocycles. The molecule has 0 aliphatic carbocycles.